The van der Waals surface area contributed by atoms with Gasteiger partial charge in [-0.15, -0.1) is 5.56 Å². The summed E-state index contributed by atoms with van der Waals surface area (Å²) in [6.45, 7) is -0.250. The van der Waals surface area contributed by atoms with Gasteiger partial charge in [-0.05, 0) is 11.8 Å². The number of carbonyl (C=O) groups is 1. The Morgan fingerprint density at radius 1 is 1.47 bits per heavy atom. The van der Waals surface area contributed by atoms with Crippen LogP contribution in [0.3, 0.4) is 0 Å². The molecule has 17 heavy (non-hydrogen) atoms. The standard InChI is InChI=1S/C9H7FN3.CH2O2.Na/c1-13-6-7(4-12-13)9-3-2-8(10)5-11-9;2-1-3;/h2-5H,1H3;1H,(H,2,3);/q-1;;+1. The summed E-state index contributed by atoms with van der Waals surface area (Å²) in [7, 11) is 1.77. The molecule has 0 aliphatic carbocycles. The molecule has 0 amide bonds. The number of aryl methyl sites for hydroxylation is 1. The summed E-state index contributed by atoms with van der Waals surface area (Å²) in [5.74, 6) is -0.340. The third-order valence-corrected chi connectivity index (χ3v) is 1.65. The molecule has 0 saturated carbocycles. The molecule has 84 valence electrons. The van der Waals surface area contributed by atoms with Crippen molar-refractivity contribution >= 4 is 6.47 Å². The Morgan fingerprint density at radius 2 is 2.12 bits per heavy atom. The van der Waals surface area contributed by atoms with Gasteiger partial charge in [0.05, 0.1) is 0 Å². The molecule has 0 aliphatic rings. The zero-order valence-corrected chi connectivity index (χ0v) is 11.5. The minimum absolute atomic E-state index is 0. The second-order valence-electron chi connectivity index (χ2n) is 2.76. The van der Waals surface area contributed by atoms with Gasteiger partial charge in [0.25, 0.3) is 6.47 Å². The van der Waals surface area contributed by atoms with E-state index in [0.29, 0.717) is 5.69 Å². The van der Waals surface area contributed by atoms with Gasteiger partial charge in [0.1, 0.15) is 5.82 Å². The van der Waals surface area contributed by atoms with Crippen molar-refractivity contribution in [2.24, 2.45) is 7.05 Å². The van der Waals surface area contributed by atoms with Crippen molar-refractivity contribution in [1.29, 1.82) is 0 Å². The van der Waals surface area contributed by atoms with Crippen molar-refractivity contribution in [3.8, 4) is 11.3 Å². The first kappa shape index (κ1) is 15.8. The van der Waals surface area contributed by atoms with E-state index in [2.05, 4.69) is 16.3 Å². The van der Waals surface area contributed by atoms with Gasteiger partial charge < -0.3 is 14.8 Å². The Bertz CT molecular complexity index is 459. The van der Waals surface area contributed by atoms with E-state index in [1.54, 1.807) is 24.0 Å². The first-order valence-electron chi connectivity index (χ1n) is 4.28. The molecule has 0 atom stereocenters. The molecular formula is C10H9FN3NaO2. The maximum absolute atomic E-state index is 12.5. The van der Waals surface area contributed by atoms with Crippen LogP contribution in [0.5, 0.6) is 0 Å². The van der Waals surface area contributed by atoms with Gasteiger partial charge in [-0.25, -0.2) is 4.39 Å². The molecule has 0 radical (unpaired) electrons. The molecular weight excluding hydrogens is 236 g/mol. The molecule has 0 saturated heterocycles. The van der Waals surface area contributed by atoms with Crippen molar-refractivity contribution in [3.05, 3.63) is 36.5 Å². The van der Waals surface area contributed by atoms with Crippen LogP contribution < -0.4 is 29.6 Å². The van der Waals surface area contributed by atoms with Crippen LogP contribution >= 0.6 is 0 Å². The molecule has 0 aliphatic heterocycles. The van der Waals surface area contributed by atoms with E-state index in [4.69, 9.17) is 9.90 Å². The first-order chi connectivity index (χ1) is 7.67. The zero-order valence-electron chi connectivity index (χ0n) is 9.46. The molecule has 5 nitrogen and oxygen atoms in total. The molecule has 2 aromatic rings. The quantitative estimate of drug-likeness (QED) is 0.363. The van der Waals surface area contributed by atoms with Gasteiger partial charge in [0.15, 0.2) is 0 Å². The number of pyridine rings is 1. The van der Waals surface area contributed by atoms with Crippen molar-refractivity contribution in [3.63, 3.8) is 0 Å². The van der Waals surface area contributed by atoms with E-state index in [9.17, 15) is 4.39 Å². The minimum atomic E-state index is -0.340. The van der Waals surface area contributed by atoms with Gasteiger partial charge >= 0.3 is 29.6 Å². The average Bonchev–Trinajstić information content (AvgIpc) is 2.67. The number of hydrogen-bond acceptors (Lipinski definition) is 3. The fraction of sp³-hybridized carbons (Fsp3) is 0.100. The van der Waals surface area contributed by atoms with E-state index >= 15 is 0 Å². The number of rotatable bonds is 1. The third kappa shape index (κ3) is 5.08. The average molecular weight is 245 g/mol. The first-order valence-corrected chi connectivity index (χ1v) is 4.28. The summed E-state index contributed by atoms with van der Waals surface area (Å²) >= 11 is 0. The summed E-state index contributed by atoms with van der Waals surface area (Å²) < 4.78 is 14.1. The Morgan fingerprint density at radius 3 is 2.53 bits per heavy atom. The van der Waals surface area contributed by atoms with E-state index < -0.39 is 0 Å². The Balaban J connectivity index is 0.000000583. The van der Waals surface area contributed by atoms with Crippen LogP contribution in [0.25, 0.3) is 11.3 Å². The van der Waals surface area contributed by atoms with Crippen molar-refractivity contribution in [1.82, 2.24) is 14.8 Å². The molecule has 2 rings (SSSR count). The molecule has 0 spiro atoms. The third-order valence-electron chi connectivity index (χ3n) is 1.65. The second kappa shape index (κ2) is 7.94. The number of aromatic nitrogens is 3. The van der Waals surface area contributed by atoms with E-state index in [1.165, 1.54) is 12.3 Å². The van der Waals surface area contributed by atoms with E-state index in [1.807, 2.05) is 0 Å². The van der Waals surface area contributed by atoms with Crippen LogP contribution in [0.1, 0.15) is 0 Å². The van der Waals surface area contributed by atoms with Crippen molar-refractivity contribution < 1.29 is 43.8 Å². The summed E-state index contributed by atoms with van der Waals surface area (Å²) in [5.41, 5.74) is 1.44. The van der Waals surface area contributed by atoms with Gasteiger partial charge in [-0.3, -0.25) is 9.89 Å². The molecule has 2 heterocycles. The monoisotopic (exact) mass is 245 g/mol. The number of nitrogens with zero attached hydrogens (tertiary/aromatic N) is 3. The second-order valence-corrected chi connectivity index (χ2v) is 2.76. The maximum atomic E-state index is 12.5. The minimum Gasteiger partial charge on any atom is -0.483 e. The van der Waals surface area contributed by atoms with Crippen LogP contribution in [0.2, 0.25) is 0 Å². The molecule has 1 N–H and O–H groups in total. The number of halogens is 1. The molecule has 0 unspecified atom stereocenters. The molecule has 0 bridgehead atoms. The van der Waals surface area contributed by atoms with Crippen LogP contribution in [0.4, 0.5) is 4.39 Å². The van der Waals surface area contributed by atoms with Crippen LogP contribution in [-0.4, -0.2) is 26.3 Å². The SMILES string of the molecule is Cn1[c-]c(-c2ccc(F)cn2)cn1.O=CO.[Na+]. The van der Waals surface area contributed by atoms with Gasteiger partial charge in [0.2, 0.25) is 0 Å². The summed E-state index contributed by atoms with van der Waals surface area (Å²) in [5, 5.41) is 10.8. The van der Waals surface area contributed by atoms with Gasteiger partial charge in [-0.1, -0.05) is 18.5 Å². The largest absolute Gasteiger partial charge is 1.00 e. The summed E-state index contributed by atoms with van der Waals surface area (Å²) in [6, 6.07) is 2.96. The van der Waals surface area contributed by atoms with Crippen LogP contribution in [0.15, 0.2) is 24.5 Å². The topological polar surface area (TPSA) is 68.0 Å². The Kier molecular flexibility index (Phi) is 7.36. The molecule has 0 aromatic carbocycles. The maximum Gasteiger partial charge on any atom is 1.00 e. The molecule has 2 aromatic heterocycles. The number of carboxylic acid groups (broad SMARTS) is 1. The fourth-order valence-electron chi connectivity index (χ4n) is 1.03. The Labute approximate surface area is 120 Å². The molecule has 0 fully saturated rings. The van der Waals surface area contributed by atoms with E-state index in [0.717, 1.165) is 5.56 Å². The summed E-state index contributed by atoms with van der Waals surface area (Å²) in [6.07, 6.45) is 5.75. The van der Waals surface area contributed by atoms with Crippen LogP contribution in [0, 0.1) is 12.0 Å². The van der Waals surface area contributed by atoms with Gasteiger partial charge in [-0.2, -0.15) is 0 Å². The predicted octanol–water partition coefficient (Wildman–Crippen LogP) is -1.87. The van der Waals surface area contributed by atoms with E-state index in [-0.39, 0.29) is 41.8 Å². The normalized spacial score (nSPS) is 8.59. The Hall–Kier alpha value is -1.24. The van der Waals surface area contributed by atoms with Crippen LogP contribution in [-0.2, 0) is 11.8 Å². The fourth-order valence-corrected chi connectivity index (χ4v) is 1.03. The smallest absolute Gasteiger partial charge is 0.483 e. The number of hydrogen-bond donors (Lipinski definition) is 1. The molecule has 7 heteroatoms. The van der Waals surface area contributed by atoms with Gasteiger partial charge in [0, 0.05) is 13.2 Å². The van der Waals surface area contributed by atoms with Crippen molar-refractivity contribution in [2.75, 3.05) is 0 Å². The zero-order chi connectivity index (χ0) is 12.0. The van der Waals surface area contributed by atoms with Crippen molar-refractivity contribution in [2.45, 2.75) is 0 Å². The summed E-state index contributed by atoms with van der Waals surface area (Å²) in [4.78, 5) is 12.3. The predicted molar refractivity (Wildman–Crippen MR) is 53.9 cm³/mol.